The third-order valence-electron chi connectivity index (χ3n) is 3.86. The van der Waals surface area contributed by atoms with Gasteiger partial charge in [0, 0.05) is 36.0 Å². The maximum atomic E-state index is 12.4. The summed E-state index contributed by atoms with van der Waals surface area (Å²) in [6.45, 7) is 4.76. The first-order valence-electron chi connectivity index (χ1n) is 7.01. The molecule has 0 spiro atoms. The van der Waals surface area contributed by atoms with Gasteiger partial charge in [-0.3, -0.25) is 19.0 Å². The van der Waals surface area contributed by atoms with Gasteiger partial charge in [-0.2, -0.15) is 0 Å². The molecule has 0 atom stereocenters. The standard InChI is InChI=1S/C15H16N2O3S2/c1-9-8-21-15(20)17(9)7-12(19)14-5-11-6-16(10(2)18)4-3-13(11)22-14/h5,8H,3-4,6-7H2,1-2H3. The van der Waals surface area contributed by atoms with Gasteiger partial charge in [-0.1, -0.05) is 11.3 Å². The average Bonchev–Trinajstić information content (AvgIpc) is 3.04. The average molecular weight is 336 g/mol. The lowest BCUT2D eigenvalue weighted by Gasteiger charge is -2.25. The van der Waals surface area contributed by atoms with Gasteiger partial charge in [-0.05, 0) is 25.0 Å². The number of thiophene rings is 1. The quantitative estimate of drug-likeness (QED) is 0.806. The molecule has 116 valence electrons. The molecule has 3 rings (SSSR count). The number of Topliss-reactive ketones (excluding diaryl/α,β-unsaturated/α-hetero) is 1. The van der Waals surface area contributed by atoms with Crippen LogP contribution in [0.5, 0.6) is 0 Å². The number of rotatable bonds is 3. The maximum Gasteiger partial charge on any atom is 0.307 e. The van der Waals surface area contributed by atoms with Crippen LogP contribution in [0.1, 0.15) is 32.7 Å². The predicted molar refractivity (Wildman–Crippen MR) is 86.8 cm³/mol. The minimum absolute atomic E-state index is 0.0441. The van der Waals surface area contributed by atoms with Crippen molar-refractivity contribution in [2.24, 2.45) is 0 Å². The Bertz CT molecular complexity index is 800. The number of carbonyl (C=O) groups is 2. The second kappa shape index (κ2) is 5.81. The molecule has 0 radical (unpaired) electrons. The first-order chi connectivity index (χ1) is 10.5. The van der Waals surface area contributed by atoms with Crippen LogP contribution in [0.15, 0.2) is 16.2 Å². The van der Waals surface area contributed by atoms with Crippen molar-refractivity contribution in [2.45, 2.75) is 33.4 Å². The monoisotopic (exact) mass is 336 g/mol. The molecule has 7 heteroatoms. The number of hydrogen-bond acceptors (Lipinski definition) is 5. The van der Waals surface area contributed by atoms with Crippen LogP contribution in [0.4, 0.5) is 0 Å². The number of aromatic nitrogens is 1. The number of ketones is 1. The fraction of sp³-hybridized carbons (Fsp3) is 0.400. The van der Waals surface area contributed by atoms with Gasteiger partial charge in [0.05, 0.1) is 11.4 Å². The molecule has 0 aliphatic carbocycles. The van der Waals surface area contributed by atoms with E-state index in [1.807, 2.05) is 13.0 Å². The van der Waals surface area contributed by atoms with E-state index in [9.17, 15) is 14.4 Å². The number of carbonyl (C=O) groups excluding carboxylic acids is 2. The summed E-state index contributed by atoms with van der Waals surface area (Å²) in [5.74, 6) is 0.0163. The zero-order valence-electron chi connectivity index (χ0n) is 12.4. The van der Waals surface area contributed by atoms with Crippen LogP contribution in [0, 0.1) is 6.92 Å². The number of nitrogens with zero attached hydrogens (tertiary/aromatic N) is 2. The fourth-order valence-electron chi connectivity index (χ4n) is 2.56. The van der Waals surface area contributed by atoms with Gasteiger partial charge in [0.25, 0.3) is 0 Å². The smallest absolute Gasteiger partial charge is 0.307 e. The highest BCUT2D eigenvalue weighted by Gasteiger charge is 2.23. The topological polar surface area (TPSA) is 59.4 Å². The predicted octanol–water partition coefficient (Wildman–Crippen LogP) is 2.07. The minimum atomic E-state index is -0.102. The molecule has 22 heavy (non-hydrogen) atoms. The van der Waals surface area contributed by atoms with E-state index < -0.39 is 0 Å². The molecule has 2 aromatic rings. The molecule has 2 aromatic heterocycles. The number of amides is 1. The summed E-state index contributed by atoms with van der Waals surface area (Å²) >= 11 is 2.60. The van der Waals surface area contributed by atoms with Crippen molar-refractivity contribution in [1.82, 2.24) is 9.47 Å². The van der Waals surface area contributed by atoms with Crippen molar-refractivity contribution in [3.8, 4) is 0 Å². The normalized spacial score (nSPS) is 14.0. The van der Waals surface area contributed by atoms with E-state index >= 15 is 0 Å². The van der Waals surface area contributed by atoms with Crippen molar-refractivity contribution in [3.05, 3.63) is 42.1 Å². The molecular weight excluding hydrogens is 320 g/mol. The summed E-state index contributed by atoms with van der Waals surface area (Å²) in [7, 11) is 0. The van der Waals surface area contributed by atoms with Gasteiger partial charge < -0.3 is 4.90 Å². The largest absolute Gasteiger partial charge is 0.338 e. The van der Waals surface area contributed by atoms with Crippen LogP contribution >= 0.6 is 22.7 Å². The van der Waals surface area contributed by atoms with E-state index in [2.05, 4.69) is 0 Å². The first-order valence-corrected chi connectivity index (χ1v) is 8.70. The zero-order chi connectivity index (χ0) is 15.9. The van der Waals surface area contributed by atoms with Crippen LogP contribution in [0.25, 0.3) is 0 Å². The highest BCUT2D eigenvalue weighted by atomic mass is 32.1. The Morgan fingerprint density at radius 2 is 2.14 bits per heavy atom. The van der Waals surface area contributed by atoms with Crippen LogP contribution in [-0.2, 0) is 24.3 Å². The molecule has 5 nitrogen and oxygen atoms in total. The van der Waals surface area contributed by atoms with E-state index in [-0.39, 0.29) is 23.1 Å². The summed E-state index contributed by atoms with van der Waals surface area (Å²) < 4.78 is 1.51. The van der Waals surface area contributed by atoms with Crippen molar-refractivity contribution in [2.75, 3.05) is 6.54 Å². The van der Waals surface area contributed by atoms with E-state index in [4.69, 9.17) is 0 Å². The molecule has 0 fully saturated rings. The highest BCUT2D eigenvalue weighted by molar-refractivity contribution is 7.14. The summed E-state index contributed by atoms with van der Waals surface area (Å²) in [6, 6.07) is 1.88. The summed E-state index contributed by atoms with van der Waals surface area (Å²) in [5.41, 5.74) is 1.87. The molecule has 3 heterocycles. The molecule has 0 unspecified atom stereocenters. The van der Waals surface area contributed by atoms with Crippen LogP contribution in [-0.4, -0.2) is 27.7 Å². The maximum absolute atomic E-state index is 12.4. The van der Waals surface area contributed by atoms with Gasteiger partial charge in [-0.25, -0.2) is 0 Å². The highest BCUT2D eigenvalue weighted by Crippen LogP contribution is 2.28. The van der Waals surface area contributed by atoms with Crippen LogP contribution in [0.2, 0.25) is 0 Å². The molecule has 0 saturated heterocycles. The number of hydrogen-bond donors (Lipinski definition) is 0. The molecule has 0 bridgehead atoms. The minimum Gasteiger partial charge on any atom is -0.338 e. The summed E-state index contributed by atoms with van der Waals surface area (Å²) in [5, 5.41) is 1.76. The molecule has 1 aliphatic heterocycles. The van der Waals surface area contributed by atoms with Crippen LogP contribution in [0.3, 0.4) is 0 Å². The first kappa shape index (κ1) is 15.2. The Morgan fingerprint density at radius 3 is 2.77 bits per heavy atom. The van der Waals surface area contributed by atoms with E-state index in [1.54, 1.807) is 17.2 Å². The summed E-state index contributed by atoms with van der Waals surface area (Å²) in [6.07, 6.45) is 0.796. The third kappa shape index (κ3) is 2.78. The molecule has 0 saturated carbocycles. The van der Waals surface area contributed by atoms with Gasteiger partial charge in [-0.15, -0.1) is 11.3 Å². The van der Waals surface area contributed by atoms with E-state index in [1.165, 1.54) is 20.8 Å². The second-order valence-electron chi connectivity index (χ2n) is 5.40. The molecule has 1 amide bonds. The Kier molecular flexibility index (Phi) is 4.01. The third-order valence-corrected chi connectivity index (χ3v) is 6.02. The van der Waals surface area contributed by atoms with E-state index in [0.29, 0.717) is 18.0 Å². The Morgan fingerprint density at radius 1 is 1.36 bits per heavy atom. The fourth-order valence-corrected chi connectivity index (χ4v) is 4.38. The lowest BCUT2D eigenvalue weighted by Crippen LogP contribution is -2.33. The molecular formula is C15H16N2O3S2. The lowest BCUT2D eigenvalue weighted by atomic mass is 10.1. The number of aryl methyl sites for hydroxylation is 1. The Labute approximate surface area is 135 Å². The van der Waals surface area contributed by atoms with Crippen molar-refractivity contribution < 1.29 is 9.59 Å². The van der Waals surface area contributed by atoms with Gasteiger partial charge in [0.2, 0.25) is 5.91 Å². The number of thiazole rings is 1. The summed E-state index contributed by atoms with van der Waals surface area (Å²) in [4.78, 5) is 39.1. The SMILES string of the molecule is CC(=O)N1CCc2sc(C(=O)Cn3c(C)csc3=O)cc2C1. The Hall–Kier alpha value is -1.73. The molecule has 0 N–H and O–H groups in total. The Balaban J connectivity index is 1.81. The van der Waals surface area contributed by atoms with Gasteiger partial charge in [0.15, 0.2) is 5.78 Å². The van der Waals surface area contributed by atoms with Gasteiger partial charge in [0.1, 0.15) is 0 Å². The number of fused-ring (bicyclic) bond motifs is 1. The lowest BCUT2D eigenvalue weighted by molar-refractivity contribution is -0.129. The van der Waals surface area contributed by atoms with E-state index in [0.717, 1.165) is 29.0 Å². The van der Waals surface area contributed by atoms with Gasteiger partial charge >= 0.3 is 4.87 Å². The van der Waals surface area contributed by atoms with Crippen LogP contribution < -0.4 is 4.87 Å². The van der Waals surface area contributed by atoms with Crippen molar-refractivity contribution in [3.63, 3.8) is 0 Å². The molecule has 1 aliphatic rings. The van der Waals surface area contributed by atoms with Crippen molar-refractivity contribution in [1.29, 1.82) is 0 Å². The second-order valence-corrected chi connectivity index (χ2v) is 7.36. The van der Waals surface area contributed by atoms with Crippen molar-refractivity contribution >= 4 is 34.4 Å². The zero-order valence-corrected chi connectivity index (χ0v) is 14.1. The molecule has 0 aromatic carbocycles.